The molecule has 1 aliphatic carbocycles. The first-order chi connectivity index (χ1) is 14.9. The number of carbonyl (C=O) groups is 2. The Labute approximate surface area is 179 Å². The molecule has 0 bridgehead atoms. The Morgan fingerprint density at radius 2 is 1.74 bits per heavy atom. The number of benzene rings is 2. The minimum absolute atomic E-state index is 0.0628. The first-order valence-corrected chi connectivity index (χ1v) is 10.2. The smallest absolute Gasteiger partial charge is 0.303 e. The molecular formula is C24H22F2N2O3. The van der Waals surface area contributed by atoms with E-state index in [1.807, 2.05) is 6.08 Å². The Morgan fingerprint density at radius 1 is 1.10 bits per heavy atom. The minimum Gasteiger partial charge on any atom is -0.456 e. The zero-order valence-electron chi connectivity index (χ0n) is 17.1. The van der Waals surface area contributed by atoms with Gasteiger partial charge in [-0.3, -0.25) is 9.59 Å². The molecule has 0 radical (unpaired) electrons. The predicted octanol–water partition coefficient (Wildman–Crippen LogP) is 4.65. The highest BCUT2D eigenvalue weighted by molar-refractivity contribution is 6.08. The van der Waals surface area contributed by atoms with E-state index in [0.717, 1.165) is 41.7 Å². The number of esters is 1. The SMILES string of the molecule is CC(=O)OCC(=O)N1N=C2C(=Cc3ccc(F)cc3)CCCC2C1c1ccc(F)cc1. The second-order valence-electron chi connectivity index (χ2n) is 7.72. The summed E-state index contributed by atoms with van der Waals surface area (Å²) in [6.07, 6.45) is 4.47. The van der Waals surface area contributed by atoms with Crippen LogP contribution in [0.3, 0.4) is 0 Å². The quantitative estimate of drug-likeness (QED) is 0.672. The molecule has 31 heavy (non-hydrogen) atoms. The average Bonchev–Trinajstić information content (AvgIpc) is 3.15. The van der Waals surface area contributed by atoms with Crippen LogP contribution in [0.2, 0.25) is 0 Å². The Balaban J connectivity index is 1.70. The van der Waals surface area contributed by atoms with Crippen molar-refractivity contribution in [2.45, 2.75) is 32.2 Å². The van der Waals surface area contributed by atoms with Gasteiger partial charge in [-0.1, -0.05) is 24.3 Å². The van der Waals surface area contributed by atoms with Crippen LogP contribution < -0.4 is 0 Å². The molecule has 160 valence electrons. The van der Waals surface area contributed by atoms with Crippen LogP contribution in [0, 0.1) is 17.6 Å². The molecule has 0 saturated heterocycles. The van der Waals surface area contributed by atoms with Crippen LogP contribution in [0.1, 0.15) is 43.4 Å². The van der Waals surface area contributed by atoms with E-state index in [-0.39, 0.29) is 17.6 Å². The highest BCUT2D eigenvalue weighted by Gasteiger charge is 2.43. The van der Waals surface area contributed by atoms with Crippen molar-refractivity contribution in [3.8, 4) is 0 Å². The third-order valence-corrected chi connectivity index (χ3v) is 5.58. The third-order valence-electron chi connectivity index (χ3n) is 5.58. The molecule has 2 unspecified atom stereocenters. The molecule has 0 spiro atoms. The first-order valence-electron chi connectivity index (χ1n) is 10.2. The lowest BCUT2D eigenvalue weighted by molar-refractivity contribution is -0.151. The van der Waals surface area contributed by atoms with Crippen LogP contribution in [-0.4, -0.2) is 29.2 Å². The van der Waals surface area contributed by atoms with Gasteiger partial charge in [0.2, 0.25) is 0 Å². The molecule has 2 aliphatic rings. The fraction of sp³-hybridized carbons (Fsp3) is 0.292. The van der Waals surface area contributed by atoms with Gasteiger partial charge in [-0.25, -0.2) is 13.8 Å². The summed E-state index contributed by atoms with van der Waals surface area (Å²) in [5.74, 6) is -1.71. The second kappa shape index (κ2) is 8.79. The van der Waals surface area contributed by atoms with Gasteiger partial charge in [0.05, 0.1) is 11.8 Å². The van der Waals surface area contributed by atoms with E-state index in [0.29, 0.717) is 0 Å². The van der Waals surface area contributed by atoms with Gasteiger partial charge in [-0.2, -0.15) is 5.10 Å². The molecule has 7 heteroatoms. The molecule has 1 fully saturated rings. The van der Waals surface area contributed by atoms with Crippen molar-refractivity contribution in [2.24, 2.45) is 11.0 Å². The monoisotopic (exact) mass is 424 g/mol. The summed E-state index contributed by atoms with van der Waals surface area (Å²) in [6.45, 7) is 0.831. The molecule has 2 aromatic carbocycles. The van der Waals surface area contributed by atoms with Crippen LogP contribution in [0.4, 0.5) is 8.78 Å². The molecule has 0 N–H and O–H groups in total. The summed E-state index contributed by atoms with van der Waals surface area (Å²) < 4.78 is 31.7. The standard InChI is InChI=1S/C24H22F2N2O3/c1-15(29)31-14-22(30)28-24(17-7-11-20(26)12-8-17)21-4-2-3-18(23(21)27-28)13-16-5-9-19(25)10-6-16/h5-13,21,24H,2-4,14H2,1H3. The van der Waals surface area contributed by atoms with Gasteiger partial charge in [0.15, 0.2) is 6.61 Å². The van der Waals surface area contributed by atoms with E-state index in [2.05, 4.69) is 5.10 Å². The Kier molecular flexibility index (Phi) is 5.93. The van der Waals surface area contributed by atoms with Gasteiger partial charge in [-0.05, 0) is 66.3 Å². The zero-order chi connectivity index (χ0) is 22.0. The lowest BCUT2D eigenvalue weighted by atomic mass is 9.77. The maximum atomic E-state index is 13.5. The highest BCUT2D eigenvalue weighted by atomic mass is 19.1. The maximum absolute atomic E-state index is 13.5. The van der Waals surface area contributed by atoms with Crippen LogP contribution in [0.15, 0.2) is 59.2 Å². The number of carbonyl (C=O) groups excluding carboxylic acids is 2. The van der Waals surface area contributed by atoms with Crippen molar-refractivity contribution < 1.29 is 23.1 Å². The highest BCUT2D eigenvalue weighted by Crippen LogP contribution is 2.44. The normalized spacial score (nSPS) is 21.6. The molecule has 1 amide bonds. The van der Waals surface area contributed by atoms with E-state index < -0.39 is 24.5 Å². The van der Waals surface area contributed by atoms with Gasteiger partial charge < -0.3 is 4.74 Å². The van der Waals surface area contributed by atoms with Crippen LogP contribution in [0.5, 0.6) is 0 Å². The lowest BCUT2D eigenvalue weighted by Crippen LogP contribution is -2.34. The number of amides is 1. The second-order valence-corrected chi connectivity index (χ2v) is 7.72. The molecule has 0 aromatic heterocycles. The van der Waals surface area contributed by atoms with Crippen molar-refractivity contribution >= 4 is 23.7 Å². The number of hydrogen-bond donors (Lipinski definition) is 0. The largest absolute Gasteiger partial charge is 0.456 e. The fourth-order valence-corrected chi connectivity index (χ4v) is 4.19. The van der Waals surface area contributed by atoms with Gasteiger partial charge >= 0.3 is 5.97 Å². The summed E-state index contributed by atoms with van der Waals surface area (Å²) >= 11 is 0. The molecule has 1 heterocycles. The Bertz CT molecular complexity index is 1050. The number of halogens is 2. The topological polar surface area (TPSA) is 59.0 Å². The Hall–Kier alpha value is -3.35. The lowest BCUT2D eigenvalue weighted by Gasteiger charge is -2.29. The van der Waals surface area contributed by atoms with E-state index in [9.17, 15) is 18.4 Å². The van der Waals surface area contributed by atoms with Crippen LogP contribution in [0.25, 0.3) is 6.08 Å². The number of nitrogens with zero attached hydrogens (tertiary/aromatic N) is 2. The number of rotatable bonds is 4. The number of hydrogen-bond acceptors (Lipinski definition) is 4. The summed E-state index contributed by atoms with van der Waals surface area (Å²) in [5.41, 5.74) is 3.39. The van der Waals surface area contributed by atoms with Crippen LogP contribution >= 0.6 is 0 Å². The Morgan fingerprint density at radius 3 is 2.39 bits per heavy atom. The van der Waals surface area contributed by atoms with Gasteiger partial charge in [0, 0.05) is 12.8 Å². The fourth-order valence-electron chi connectivity index (χ4n) is 4.19. The number of allylic oxidation sites excluding steroid dienone is 1. The van der Waals surface area contributed by atoms with Crippen molar-refractivity contribution in [2.75, 3.05) is 6.61 Å². The molecule has 2 aromatic rings. The van der Waals surface area contributed by atoms with E-state index in [4.69, 9.17) is 4.74 Å². The zero-order valence-corrected chi connectivity index (χ0v) is 17.1. The number of hydrazone groups is 1. The predicted molar refractivity (Wildman–Crippen MR) is 112 cm³/mol. The molecule has 2 atom stereocenters. The number of ether oxygens (including phenoxy) is 1. The molecule has 5 nitrogen and oxygen atoms in total. The van der Waals surface area contributed by atoms with E-state index >= 15 is 0 Å². The van der Waals surface area contributed by atoms with Crippen molar-refractivity contribution in [3.63, 3.8) is 0 Å². The van der Waals surface area contributed by atoms with Gasteiger partial charge in [0.1, 0.15) is 11.6 Å². The van der Waals surface area contributed by atoms with Crippen molar-refractivity contribution in [1.29, 1.82) is 0 Å². The molecular weight excluding hydrogens is 402 g/mol. The minimum atomic E-state index is -0.548. The van der Waals surface area contributed by atoms with E-state index in [1.165, 1.54) is 36.2 Å². The van der Waals surface area contributed by atoms with Crippen molar-refractivity contribution in [3.05, 3.63) is 76.9 Å². The molecule has 1 saturated carbocycles. The van der Waals surface area contributed by atoms with Gasteiger partial charge in [0.25, 0.3) is 5.91 Å². The van der Waals surface area contributed by atoms with Crippen LogP contribution in [-0.2, 0) is 14.3 Å². The maximum Gasteiger partial charge on any atom is 0.303 e. The molecule has 4 rings (SSSR count). The van der Waals surface area contributed by atoms with Crippen molar-refractivity contribution in [1.82, 2.24) is 5.01 Å². The third kappa shape index (κ3) is 4.55. The summed E-state index contributed by atoms with van der Waals surface area (Å²) in [5, 5.41) is 6.00. The summed E-state index contributed by atoms with van der Waals surface area (Å²) in [4.78, 5) is 24.0. The van der Waals surface area contributed by atoms with Gasteiger partial charge in [-0.15, -0.1) is 0 Å². The van der Waals surface area contributed by atoms with E-state index in [1.54, 1.807) is 24.3 Å². The molecule has 1 aliphatic heterocycles. The first kappa shape index (κ1) is 20.9. The average molecular weight is 424 g/mol. The number of fused-ring (bicyclic) bond motifs is 1. The summed E-state index contributed by atoms with van der Waals surface area (Å²) in [6, 6.07) is 11.8. The summed E-state index contributed by atoms with van der Waals surface area (Å²) in [7, 11) is 0.